The van der Waals surface area contributed by atoms with Crippen molar-refractivity contribution >= 4 is 29.9 Å². The SMILES string of the molecule is CCNC(=NCc1ccccc1C)NCc1ccnn1C.I. The van der Waals surface area contributed by atoms with Crippen molar-refractivity contribution in [2.45, 2.75) is 26.9 Å². The third-order valence-corrected chi connectivity index (χ3v) is 3.37. The molecule has 2 aromatic rings. The van der Waals surface area contributed by atoms with Gasteiger partial charge in [-0.25, -0.2) is 4.99 Å². The summed E-state index contributed by atoms with van der Waals surface area (Å²) in [5, 5.41) is 10.8. The Morgan fingerprint density at radius 2 is 2.00 bits per heavy atom. The summed E-state index contributed by atoms with van der Waals surface area (Å²) < 4.78 is 1.86. The van der Waals surface area contributed by atoms with Crippen LogP contribution in [0.25, 0.3) is 0 Å². The molecule has 0 spiro atoms. The van der Waals surface area contributed by atoms with Crippen LogP contribution in [0.4, 0.5) is 0 Å². The van der Waals surface area contributed by atoms with E-state index in [1.165, 1.54) is 11.1 Å². The summed E-state index contributed by atoms with van der Waals surface area (Å²) in [5.41, 5.74) is 3.63. The molecular formula is C16H24IN5. The van der Waals surface area contributed by atoms with Gasteiger partial charge in [-0.05, 0) is 31.0 Å². The minimum absolute atomic E-state index is 0. The van der Waals surface area contributed by atoms with Crippen LogP contribution in [-0.2, 0) is 20.1 Å². The predicted molar refractivity (Wildman–Crippen MR) is 101 cm³/mol. The first-order valence-corrected chi connectivity index (χ1v) is 7.24. The van der Waals surface area contributed by atoms with Crippen LogP contribution >= 0.6 is 24.0 Å². The second-order valence-electron chi connectivity index (χ2n) is 4.92. The maximum absolute atomic E-state index is 4.64. The summed E-state index contributed by atoms with van der Waals surface area (Å²) in [6.45, 7) is 6.39. The lowest BCUT2D eigenvalue weighted by Gasteiger charge is -2.12. The van der Waals surface area contributed by atoms with Crippen molar-refractivity contribution in [3.05, 3.63) is 53.3 Å². The van der Waals surface area contributed by atoms with E-state index in [0.717, 1.165) is 18.2 Å². The molecule has 0 aliphatic rings. The van der Waals surface area contributed by atoms with Crippen LogP contribution in [0.3, 0.4) is 0 Å². The minimum atomic E-state index is 0. The molecule has 2 N–H and O–H groups in total. The van der Waals surface area contributed by atoms with Crippen LogP contribution < -0.4 is 10.6 Å². The zero-order valence-corrected chi connectivity index (χ0v) is 15.7. The van der Waals surface area contributed by atoms with Crippen LogP contribution in [-0.4, -0.2) is 22.3 Å². The number of rotatable bonds is 5. The molecule has 0 bridgehead atoms. The summed E-state index contributed by atoms with van der Waals surface area (Å²) in [6.07, 6.45) is 1.80. The second-order valence-corrected chi connectivity index (χ2v) is 4.92. The molecule has 22 heavy (non-hydrogen) atoms. The summed E-state index contributed by atoms with van der Waals surface area (Å²) in [5.74, 6) is 0.821. The number of aryl methyl sites for hydroxylation is 2. The first kappa shape index (κ1) is 18.5. The van der Waals surface area contributed by atoms with Gasteiger partial charge in [-0.1, -0.05) is 24.3 Å². The average molecular weight is 413 g/mol. The number of guanidine groups is 1. The highest BCUT2D eigenvalue weighted by Crippen LogP contribution is 2.07. The van der Waals surface area contributed by atoms with Gasteiger partial charge in [0.1, 0.15) is 0 Å². The van der Waals surface area contributed by atoms with Crippen LogP contribution in [0.1, 0.15) is 23.7 Å². The highest BCUT2D eigenvalue weighted by atomic mass is 127. The summed E-state index contributed by atoms with van der Waals surface area (Å²) in [4.78, 5) is 4.64. The molecular weight excluding hydrogens is 389 g/mol. The Hall–Kier alpha value is -1.57. The first-order chi connectivity index (χ1) is 10.2. The maximum Gasteiger partial charge on any atom is 0.191 e. The second kappa shape index (κ2) is 9.45. The third kappa shape index (κ3) is 5.32. The van der Waals surface area contributed by atoms with Crippen LogP contribution in [0.5, 0.6) is 0 Å². The number of benzene rings is 1. The number of halogens is 1. The Morgan fingerprint density at radius 3 is 2.64 bits per heavy atom. The minimum Gasteiger partial charge on any atom is -0.357 e. The van der Waals surface area contributed by atoms with E-state index in [2.05, 4.69) is 52.8 Å². The molecule has 1 heterocycles. The molecule has 1 aromatic heterocycles. The molecule has 0 atom stereocenters. The predicted octanol–water partition coefficient (Wildman–Crippen LogP) is 2.60. The highest BCUT2D eigenvalue weighted by molar-refractivity contribution is 14.0. The molecule has 0 saturated heterocycles. The van der Waals surface area contributed by atoms with Crippen molar-refractivity contribution in [2.75, 3.05) is 6.54 Å². The first-order valence-electron chi connectivity index (χ1n) is 7.24. The van der Waals surface area contributed by atoms with Crippen molar-refractivity contribution in [3.63, 3.8) is 0 Å². The van der Waals surface area contributed by atoms with E-state index in [9.17, 15) is 0 Å². The normalized spacial score (nSPS) is 11.0. The molecule has 120 valence electrons. The Kier molecular flexibility index (Phi) is 7.94. The average Bonchev–Trinajstić information content (AvgIpc) is 2.89. The van der Waals surface area contributed by atoms with Crippen molar-refractivity contribution in [2.24, 2.45) is 12.0 Å². The van der Waals surface area contributed by atoms with Crippen molar-refractivity contribution in [1.82, 2.24) is 20.4 Å². The van der Waals surface area contributed by atoms with E-state index in [1.54, 1.807) is 6.20 Å². The van der Waals surface area contributed by atoms with Gasteiger partial charge in [-0.2, -0.15) is 5.10 Å². The number of hydrogen-bond donors (Lipinski definition) is 2. The number of aromatic nitrogens is 2. The number of aliphatic imine (C=N–C) groups is 1. The van der Waals surface area contributed by atoms with Crippen LogP contribution in [0.15, 0.2) is 41.5 Å². The molecule has 0 aliphatic heterocycles. The molecule has 0 amide bonds. The maximum atomic E-state index is 4.64. The Morgan fingerprint density at radius 1 is 1.23 bits per heavy atom. The smallest absolute Gasteiger partial charge is 0.191 e. The van der Waals surface area contributed by atoms with Crippen molar-refractivity contribution in [3.8, 4) is 0 Å². The fraction of sp³-hybridized carbons (Fsp3) is 0.375. The summed E-state index contributed by atoms with van der Waals surface area (Å²) >= 11 is 0. The van der Waals surface area contributed by atoms with Gasteiger partial charge in [0.25, 0.3) is 0 Å². The molecule has 0 unspecified atom stereocenters. The Balaban J connectivity index is 0.00000242. The highest BCUT2D eigenvalue weighted by Gasteiger charge is 2.02. The lowest BCUT2D eigenvalue weighted by molar-refractivity contribution is 0.685. The Bertz CT molecular complexity index is 606. The molecule has 0 aliphatic carbocycles. The van der Waals surface area contributed by atoms with Crippen molar-refractivity contribution < 1.29 is 0 Å². The zero-order chi connectivity index (χ0) is 15.1. The van der Waals surface area contributed by atoms with Crippen LogP contribution in [0, 0.1) is 6.92 Å². The monoisotopic (exact) mass is 413 g/mol. The van der Waals surface area contributed by atoms with E-state index in [0.29, 0.717) is 13.1 Å². The standard InChI is InChI=1S/C16H23N5.HI/c1-4-17-16(19-12-15-9-10-20-21(15)3)18-11-14-8-6-5-7-13(14)2;/h5-10H,4,11-12H2,1-3H3,(H2,17,18,19);1H. The van der Waals surface area contributed by atoms with Gasteiger partial charge in [0.15, 0.2) is 5.96 Å². The van der Waals surface area contributed by atoms with E-state index in [4.69, 9.17) is 0 Å². The topological polar surface area (TPSA) is 54.2 Å². The van der Waals surface area contributed by atoms with Crippen molar-refractivity contribution in [1.29, 1.82) is 0 Å². The zero-order valence-electron chi connectivity index (χ0n) is 13.3. The van der Waals surface area contributed by atoms with Gasteiger partial charge in [0.05, 0.1) is 18.8 Å². The molecule has 0 saturated carbocycles. The third-order valence-electron chi connectivity index (χ3n) is 3.37. The number of nitrogens with zero attached hydrogens (tertiary/aromatic N) is 3. The fourth-order valence-electron chi connectivity index (χ4n) is 2.04. The van der Waals surface area contributed by atoms with Gasteiger partial charge in [-0.3, -0.25) is 4.68 Å². The molecule has 0 radical (unpaired) electrons. The molecule has 6 heteroatoms. The molecule has 5 nitrogen and oxygen atoms in total. The summed E-state index contributed by atoms with van der Waals surface area (Å²) in [7, 11) is 1.94. The van der Waals surface area contributed by atoms with Gasteiger partial charge < -0.3 is 10.6 Å². The molecule has 0 fully saturated rings. The van der Waals surface area contributed by atoms with Gasteiger partial charge in [0, 0.05) is 19.8 Å². The van der Waals surface area contributed by atoms with Gasteiger partial charge >= 0.3 is 0 Å². The molecule has 2 rings (SSSR count). The Labute approximate surface area is 149 Å². The number of hydrogen-bond acceptors (Lipinski definition) is 2. The van der Waals surface area contributed by atoms with E-state index in [-0.39, 0.29) is 24.0 Å². The fourth-order valence-corrected chi connectivity index (χ4v) is 2.04. The quantitative estimate of drug-likeness (QED) is 0.450. The van der Waals surface area contributed by atoms with E-state index < -0.39 is 0 Å². The van der Waals surface area contributed by atoms with E-state index in [1.807, 2.05) is 23.9 Å². The van der Waals surface area contributed by atoms with Gasteiger partial charge in [-0.15, -0.1) is 24.0 Å². The molecule has 1 aromatic carbocycles. The lowest BCUT2D eigenvalue weighted by atomic mass is 10.1. The van der Waals surface area contributed by atoms with Crippen LogP contribution in [0.2, 0.25) is 0 Å². The largest absolute Gasteiger partial charge is 0.357 e. The number of nitrogens with one attached hydrogen (secondary N) is 2. The summed E-state index contributed by atoms with van der Waals surface area (Å²) in [6, 6.07) is 10.3. The lowest BCUT2D eigenvalue weighted by Crippen LogP contribution is -2.37. The van der Waals surface area contributed by atoms with Gasteiger partial charge in [0.2, 0.25) is 0 Å². The van der Waals surface area contributed by atoms with E-state index >= 15 is 0 Å².